The van der Waals surface area contributed by atoms with Crippen LogP contribution in [-0.4, -0.2) is 64.3 Å². The number of urea groups is 1. The molecule has 6 heteroatoms. The second-order valence-electron chi connectivity index (χ2n) is 6.50. The smallest absolute Gasteiger partial charge is 0.326 e. The Bertz CT molecular complexity index is 395. The summed E-state index contributed by atoms with van der Waals surface area (Å²) in [4.78, 5) is 27.0. The van der Waals surface area contributed by atoms with Gasteiger partial charge in [0.25, 0.3) is 0 Å². The van der Waals surface area contributed by atoms with Crippen molar-refractivity contribution in [1.82, 2.24) is 9.80 Å². The first-order valence-corrected chi connectivity index (χ1v) is 7.85. The molecule has 6 nitrogen and oxygen atoms in total. The zero-order valence-corrected chi connectivity index (χ0v) is 12.9. The second-order valence-corrected chi connectivity index (χ2v) is 6.50. The average Bonchev–Trinajstić information content (AvgIpc) is 2.43. The third-order valence-corrected chi connectivity index (χ3v) is 4.89. The summed E-state index contributed by atoms with van der Waals surface area (Å²) in [6, 6.07) is -0.899. The summed E-state index contributed by atoms with van der Waals surface area (Å²) in [5, 5.41) is 18.7. The third kappa shape index (κ3) is 3.67. The van der Waals surface area contributed by atoms with Crippen LogP contribution in [0, 0.1) is 11.8 Å². The predicted molar refractivity (Wildman–Crippen MR) is 77.9 cm³/mol. The Morgan fingerprint density at radius 1 is 1.24 bits per heavy atom. The maximum absolute atomic E-state index is 12.5. The molecule has 2 fully saturated rings. The van der Waals surface area contributed by atoms with Crippen LogP contribution >= 0.6 is 0 Å². The molecule has 2 N–H and O–H groups in total. The second kappa shape index (κ2) is 6.64. The number of aliphatic carboxylic acids is 1. The van der Waals surface area contributed by atoms with Gasteiger partial charge in [-0.1, -0.05) is 13.3 Å². The highest BCUT2D eigenvalue weighted by Gasteiger charge is 2.38. The molecule has 1 saturated heterocycles. The van der Waals surface area contributed by atoms with Gasteiger partial charge in [0.1, 0.15) is 6.04 Å². The fraction of sp³-hybridized carbons (Fsp3) is 0.867. The molecule has 1 aliphatic carbocycles. The fourth-order valence-corrected chi connectivity index (χ4v) is 3.41. The summed E-state index contributed by atoms with van der Waals surface area (Å²) >= 11 is 0. The van der Waals surface area contributed by atoms with Crippen LogP contribution in [0.1, 0.15) is 39.0 Å². The molecule has 0 aromatic rings. The van der Waals surface area contributed by atoms with Crippen LogP contribution < -0.4 is 0 Å². The van der Waals surface area contributed by atoms with Crippen LogP contribution in [0.3, 0.4) is 0 Å². The molecule has 2 amide bonds. The van der Waals surface area contributed by atoms with Gasteiger partial charge in [-0.3, -0.25) is 0 Å². The number of carboxylic acid groups (broad SMARTS) is 1. The van der Waals surface area contributed by atoms with Crippen molar-refractivity contribution in [3.05, 3.63) is 0 Å². The van der Waals surface area contributed by atoms with Gasteiger partial charge in [0, 0.05) is 20.1 Å². The number of carbonyl (C=O) groups excluding carboxylic acids is 1. The molecule has 2 rings (SSSR count). The van der Waals surface area contributed by atoms with Crippen molar-refractivity contribution in [3.8, 4) is 0 Å². The number of amides is 2. The van der Waals surface area contributed by atoms with Gasteiger partial charge in [-0.05, 0) is 37.5 Å². The van der Waals surface area contributed by atoms with Gasteiger partial charge in [-0.15, -0.1) is 0 Å². The Kier molecular flexibility index (Phi) is 5.08. The standard InChI is InChI=1S/C15H26N2O4/c1-3-10-4-5-17(13(8-10)14(19)20)15(21)16(2)9-11-6-12(18)7-11/h10-13,18H,3-9H2,1-2H3,(H,19,20). The SMILES string of the molecule is CCC1CCN(C(=O)N(C)CC2CC(O)C2)C(C(=O)O)C1. The molecule has 0 aromatic heterocycles. The Labute approximate surface area is 125 Å². The van der Waals surface area contributed by atoms with Crippen molar-refractivity contribution in [2.24, 2.45) is 11.8 Å². The Morgan fingerprint density at radius 3 is 2.43 bits per heavy atom. The number of piperidine rings is 1. The first-order chi connectivity index (χ1) is 9.92. The van der Waals surface area contributed by atoms with Gasteiger partial charge >= 0.3 is 12.0 Å². The van der Waals surface area contributed by atoms with Gasteiger partial charge in [-0.2, -0.15) is 0 Å². The summed E-state index contributed by atoms with van der Waals surface area (Å²) in [6.45, 7) is 3.18. The van der Waals surface area contributed by atoms with E-state index in [4.69, 9.17) is 0 Å². The lowest BCUT2D eigenvalue weighted by Gasteiger charge is -2.41. The lowest BCUT2D eigenvalue weighted by atomic mass is 9.82. The molecular formula is C15H26N2O4. The number of carboxylic acids is 1. The number of rotatable bonds is 4. The monoisotopic (exact) mass is 298 g/mol. The highest BCUT2D eigenvalue weighted by Crippen LogP contribution is 2.29. The van der Waals surface area contributed by atoms with E-state index in [1.165, 1.54) is 4.90 Å². The summed E-state index contributed by atoms with van der Waals surface area (Å²) in [5.41, 5.74) is 0. The van der Waals surface area contributed by atoms with Gasteiger partial charge in [0.15, 0.2) is 0 Å². The Hall–Kier alpha value is -1.30. The molecular weight excluding hydrogens is 272 g/mol. The van der Waals surface area contributed by atoms with E-state index in [-0.39, 0.29) is 12.1 Å². The zero-order chi connectivity index (χ0) is 15.6. The van der Waals surface area contributed by atoms with Crippen molar-refractivity contribution < 1.29 is 19.8 Å². The quantitative estimate of drug-likeness (QED) is 0.821. The van der Waals surface area contributed by atoms with Crippen LogP contribution in [0.25, 0.3) is 0 Å². The highest BCUT2D eigenvalue weighted by molar-refractivity contribution is 5.82. The summed E-state index contributed by atoms with van der Waals surface area (Å²) < 4.78 is 0. The summed E-state index contributed by atoms with van der Waals surface area (Å²) in [7, 11) is 1.72. The maximum atomic E-state index is 12.5. The van der Waals surface area contributed by atoms with E-state index in [1.54, 1.807) is 11.9 Å². The fourth-order valence-electron chi connectivity index (χ4n) is 3.41. The Morgan fingerprint density at radius 2 is 1.90 bits per heavy atom. The van der Waals surface area contributed by atoms with Crippen LogP contribution in [0.4, 0.5) is 4.79 Å². The van der Waals surface area contributed by atoms with Crippen LogP contribution in [-0.2, 0) is 4.79 Å². The van der Waals surface area contributed by atoms with Crippen LogP contribution in [0.15, 0.2) is 0 Å². The Balaban J connectivity index is 1.94. The number of aliphatic hydroxyl groups is 1. The van der Waals surface area contributed by atoms with Crippen molar-refractivity contribution in [2.75, 3.05) is 20.1 Å². The van der Waals surface area contributed by atoms with Crippen molar-refractivity contribution in [3.63, 3.8) is 0 Å². The lowest BCUT2D eigenvalue weighted by Crippen LogP contribution is -2.54. The predicted octanol–water partition coefficient (Wildman–Crippen LogP) is 1.38. The molecule has 0 aromatic carbocycles. The molecule has 21 heavy (non-hydrogen) atoms. The van der Waals surface area contributed by atoms with E-state index < -0.39 is 12.0 Å². The molecule has 120 valence electrons. The summed E-state index contributed by atoms with van der Waals surface area (Å²) in [6.07, 6.45) is 3.62. The number of likely N-dealkylation sites (tertiary alicyclic amines) is 1. The summed E-state index contributed by atoms with van der Waals surface area (Å²) in [5.74, 6) is -0.179. The lowest BCUT2D eigenvalue weighted by molar-refractivity contribution is -0.144. The minimum Gasteiger partial charge on any atom is -0.480 e. The number of hydrogen-bond donors (Lipinski definition) is 2. The minimum atomic E-state index is -0.908. The first-order valence-electron chi connectivity index (χ1n) is 7.85. The van der Waals surface area contributed by atoms with Gasteiger partial charge in [0.2, 0.25) is 0 Å². The molecule has 2 atom stereocenters. The van der Waals surface area contributed by atoms with Gasteiger partial charge in [0.05, 0.1) is 6.10 Å². The topological polar surface area (TPSA) is 81.1 Å². The maximum Gasteiger partial charge on any atom is 0.326 e. The average molecular weight is 298 g/mol. The van der Waals surface area contributed by atoms with Gasteiger partial charge < -0.3 is 20.0 Å². The van der Waals surface area contributed by atoms with E-state index in [2.05, 4.69) is 6.92 Å². The van der Waals surface area contributed by atoms with E-state index in [9.17, 15) is 19.8 Å². The van der Waals surface area contributed by atoms with E-state index in [1.807, 2.05) is 0 Å². The number of carbonyl (C=O) groups is 2. The molecule has 1 heterocycles. The zero-order valence-electron chi connectivity index (χ0n) is 12.9. The van der Waals surface area contributed by atoms with Crippen molar-refractivity contribution >= 4 is 12.0 Å². The first kappa shape index (κ1) is 16.1. The molecule has 1 saturated carbocycles. The van der Waals surface area contributed by atoms with E-state index in [0.717, 1.165) is 25.7 Å². The molecule has 2 aliphatic rings. The van der Waals surface area contributed by atoms with Crippen molar-refractivity contribution in [1.29, 1.82) is 0 Å². The number of hydrogen-bond acceptors (Lipinski definition) is 3. The van der Waals surface area contributed by atoms with E-state index >= 15 is 0 Å². The minimum absolute atomic E-state index is 0.196. The third-order valence-electron chi connectivity index (χ3n) is 4.89. The molecule has 1 aliphatic heterocycles. The molecule has 2 unspecified atom stereocenters. The molecule has 0 spiro atoms. The van der Waals surface area contributed by atoms with Crippen LogP contribution in [0.2, 0.25) is 0 Å². The largest absolute Gasteiger partial charge is 0.480 e. The number of aliphatic hydroxyl groups excluding tert-OH is 1. The van der Waals surface area contributed by atoms with E-state index in [0.29, 0.717) is 31.3 Å². The normalized spacial score (nSPS) is 32.4. The van der Waals surface area contributed by atoms with Crippen molar-refractivity contribution in [2.45, 2.75) is 51.2 Å². The molecule has 0 radical (unpaired) electrons. The van der Waals surface area contributed by atoms with Gasteiger partial charge in [-0.25, -0.2) is 9.59 Å². The number of nitrogens with zero attached hydrogens (tertiary/aromatic N) is 2. The highest BCUT2D eigenvalue weighted by atomic mass is 16.4. The molecule has 0 bridgehead atoms. The van der Waals surface area contributed by atoms with Crippen LogP contribution in [0.5, 0.6) is 0 Å².